The Morgan fingerprint density at radius 2 is 2.22 bits per heavy atom. The van der Waals surface area contributed by atoms with Crippen molar-refractivity contribution >= 4 is 5.69 Å². The molecule has 0 bridgehead atoms. The van der Waals surface area contributed by atoms with Crippen molar-refractivity contribution in [1.82, 2.24) is 5.32 Å². The zero-order valence-electron chi connectivity index (χ0n) is 11.2. The summed E-state index contributed by atoms with van der Waals surface area (Å²) in [5, 5.41) is 11.8. The number of halogens is 1. The maximum Gasteiger partial charge on any atom is 0.123 e. The molecule has 1 aromatic rings. The minimum Gasteiger partial charge on any atom is -0.371 e. The molecule has 1 aromatic carbocycles. The van der Waals surface area contributed by atoms with E-state index in [1.165, 1.54) is 6.07 Å². The third kappa shape index (κ3) is 3.44. The lowest BCUT2D eigenvalue weighted by atomic mass is 10.0. The molecule has 0 aliphatic heterocycles. The van der Waals surface area contributed by atoms with Crippen LogP contribution in [0.3, 0.4) is 0 Å². The smallest absolute Gasteiger partial charge is 0.123 e. The molecule has 0 fully saturated rings. The van der Waals surface area contributed by atoms with Gasteiger partial charge in [-0.2, -0.15) is 5.26 Å². The number of anilines is 1. The Bertz CT molecular complexity index is 426. The van der Waals surface area contributed by atoms with Crippen molar-refractivity contribution in [2.45, 2.75) is 26.3 Å². The van der Waals surface area contributed by atoms with Crippen LogP contribution in [0.25, 0.3) is 0 Å². The second-order valence-electron chi connectivity index (χ2n) is 4.20. The number of benzene rings is 1. The minimum atomic E-state index is -0.229. The SMILES string of the molecule is CCN(CCC#N)c1ccc(F)cc1C(C)NC. The Morgan fingerprint density at radius 1 is 1.50 bits per heavy atom. The first kappa shape index (κ1) is 14.5. The van der Waals surface area contributed by atoms with Gasteiger partial charge in [0.05, 0.1) is 12.5 Å². The Morgan fingerprint density at radius 3 is 2.78 bits per heavy atom. The van der Waals surface area contributed by atoms with E-state index < -0.39 is 0 Å². The van der Waals surface area contributed by atoms with Crippen LogP contribution in [0, 0.1) is 17.1 Å². The minimum absolute atomic E-state index is 0.0758. The molecule has 1 N–H and O–H groups in total. The van der Waals surface area contributed by atoms with Crippen LogP contribution in [0.15, 0.2) is 18.2 Å². The molecule has 1 rings (SSSR count). The van der Waals surface area contributed by atoms with E-state index in [2.05, 4.69) is 16.3 Å². The lowest BCUT2D eigenvalue weighted by Crippen LogP contribution is -2.26. The van der Waals surface area contributed by atoms with Gasteiger partial charge in [0, 0.05) is 24.8 Å². The predicted molar refractivity (Wildman–Crippen MR) is 72.0 cm³/mol. The molecule has 18 heavy (non-hydrogen) atoms. The maximum absolute atomic E-state index is 13.4. The van der Waals surface area contributed by atoms with Crippen LogP contribution in [0.4, 0.5) is 10.1 Å². The fourth-order valence-corrected chi connectivity index (χ4v) is 1.95. The molecule has 0 radical (unpaired) electrons. The molecular weight excluding hydrogens is 229 g/mol. The molecule has 0 aliphatic carbocycles. The van der Waals surface area contributed by atoms with E-state index in [0.717, 1.165) is 17.8 Å². The number of nitriles is 1. The van der Waals surface area contributed by atoms with Crippen molar-refractivity contribution in [3.05, 3.63) is 29.6 Å². The van der Waals surface area contributed by atoms with Gasteiger partial charge in [-0.15, -0.1) is 0 Å². The molecule has 0 saturated heterocycles. The Hall–Kier alpha value is -1.60. The van der Waals surface area contributed by atoms with Crippen LogP contribution in [-0.2, 0) is 0 Å². The number of hydrogen-bond donors (Lipinski definition) is 1. The van der Waals surface area contributed by atoms with Crippen LogP contribution in [0.1, 0.15) is 31.9 Å². The number of nitrogens with one attached hydrogen (secondary N) is 1. The summed E-state index contributed by atoms with van der Waals surface area (Å²) in [7, 11) is 1.85. The lowest BCUT2D eigenvalue weighted by molar-refractivity contribution is 0.606. The molecule has 1 unspecified atom stereocenters. The predicted octanol–water partition coefficient (Wildman–Crippen LogP) is 2.85. The van der Waals surface area contributed by atoms with Crippen LogP contribution in [-0.4, -0.2) is 20.1 Å². The van der Waals surface area contributed by atoms with Crippen LogP contribution >= 0.6 is 0 Å². The number of nitrogens with zero attached hydrogens (tertiary/aromatic N) is 2. The van der Waals surface area contributed by atoms with Crippen molar-refractivity contribution in [2.75, 3.05) is 25.0 Å². The third-order valence-corrected chi connectivity index (χ3v) is 3.11. The molecule has 0 aliphatic rings. The van der Waals surface area contributed by atoms with E-state index in [9.17, 15) is 4.39 Å². The molecular formula is C14H20FN3. The Balaban J connectivity index is 3.08. The highest BCUT2D eigenvalue weighted by Crippen LogP contribution is 2.27. The number of hydrogen-bond acceptors (Lipinski definition) is 3. The van der Waals surface area contributed by atoms with Gasteiger partial charge in [-0.3, -0.25) is 0 Å². The van der Waals surface area contributed by atoms with Crippen molar-refractivity contribution < 1.29 is 4.39 Å². The second-order valence-corrected chi connectivity index (χ2v) is 4.20. The first-order valence-corrected chi connectivity index (χ1v) is 6.22. The van der Waals surface area contributed by atoms with Gasteiger partial charge in [0.1, 0.15) is 5.82 Å². The Labute approximate surface area is 108 Å². The summed E-state index contributed by atoms with van der Waals surface area (Å²) in [6.07, 6.45) is 0.471. The molecule has 4 heteroatoms. The maximum atomic E-state index is 13.4. The quantitative estimate of drug-likeness (QED) is 0.842. The highest BCUT2D eigenvalue weighted by atomic mass is 19.1. The first-order valence-electron chi connectivity index (χ1n) is 6.22. The van der Waals surface area contributed by atoms with E-state index in [4.69, 9.17) is 5.26 Å². The average Bonchev–Trinajstić information content (AvgIpc) is 2.39. The van der Waals surface area contributed by atoms with E-state index >= 15 is 0 Å². The zero-order chi connectivity index (χ0) is 13.5. The van der Waals surface area contributed by atoms with Gasteiger partial charge in [0.25, 0.3) is 0 Å². The second kappa shape index (κ2) is 6.97. The molecule has 98 valence electrons. The van der Waals surface area contributed by atoms with Crippen molar-refractivity contribution in [3.63, 3.8) is 0 Å². The van der Waals surface area contributed by atoms with Crippen molar-refractivity contribution in [1.29, 1.82) is 5.26 Å². The lowest BCUT2D eigenvalue weighted by Gasteiger charge is -2.27. The van der Waals surface area contributed by atoms with Gasteiger partial charge < -0.3 is 10.2 Å². The molecule has 3 nitrogen and oxygen atoms in total. The Kier molecular flexibility index (Phi) is 5.60. The van der Waals surface area contributed by atoms with Crippen molar-refractivity contribution in [3.8, 4) is 6.07 Å². The van der Waals surface area contributed by atoms with E-state index in [0.29, 0.717) is 13.0 Å². The molecule has 1 atom stereocenters. The summed E-state index contributed by atoms with van der Waals surface area (Å²) in [6, 6.07) is 7.04. The molecule has 0 saturated carbocycles. The summed E-state index contributed by atoms with van der Waals surface area (Å²) >= 11 is 0. The van der Waals surface area contributed by atoms with Gasteiger partial charge in [0.2, 0.25) is 0 Å². The standard InChI is InChI=1S/C14H20FN3/c1-4-18(9-5-8-16)14-7-6-12(15)10-13(14)11(2)17-3/h6-7,10-11,17H,4-5,9H2,1-3H3. The van der Waals surface area contributed by atoms with Gasteiger partial charge >= 0.3 is 0 Å². The fraction of sp³-hybridized carbons (Fsp3) is 0.500. The summed E-state index contributed by atoms with van der Waals surface area (Å²) < 4.78 is 13.4. The van der Waals surface area contributed by atoms with Crippen molar-refractivity contribution in [2.24, 2.45) is 0 Å². The fourth-order valence-electron chi connectivity index (χ4n) is 1.95. The summed E-state index contributed by atoms with van der Waals surface area (Å²) in [5.74, 6) is -0.229. The topological polar surface area (TPSA) is 39.1 Å². The molecule has 0 spiro atoms. The first-order chi connectivity index (χ1) is 8.63. The van der Waals surface area contributed by atoms with E-state index in [1.807, 2.05) is 20.9 Å². The van der Waals surface area contributed by atoms with E-state index in [-0.39, 0.29) is 11.9 Å². The molecule has 0 heterocycles. The summed E-state index contributed by atoms with van der Waals surface area (Å²) in [5.41, 5.74) is 1.92. The van der Waals surface area contributed by atoms with Crippen LogP contribution in [0.2, 0.25) is 0 Å². The molecule has 0 amide bonds. The number of rotatable bonds is 6. The van der Waals surface area contributed by atoms with Gasteiger partial charge in [-0.1, -0.05) is 0 Å². The monoisotopic (exact) mass is 249 g/mol. The van der Waals surface area contributed by atoms with Gasteiger partial charge in [-0.25, -0.2) is 4.39 Å². The zero-order valence-corrected chi connectivity index (χ0v) is 11.2. The highest BCUT2D eigenvalue weighted by molar-refractivity contribution is 5.55. The average molecular weight is 249 g/mol. The summed E-state index contributed by atoms with van der Waals surface area (Å²) in [6.45, 7) is 5.50. The van der Waals surface area contributed by atoms with Gasteiger partial charge in [-0.05, 0) is 44.7 Å². The normalized spacial score (nSPS) is 11.9. The van der Waals surface area contributed by atoms with Gasteiger partial charge in [0.15, 0.2) is 0 Å². The van der Waals surface area contributed by atoms with Crippen LogP contribution < -0.4 is 10.2 Å². The highest BCUT2D eigenvalue weighted by Gasteiger charge is 2.14. The van der Waals surface area contributed by atoms with E-state index in [1.54, 1.807) is 12.1 Å². The molecule has 0 aromatic heterocycles. The summed E-state index contributed by atoms with van der Waals surface area (Å²) in [4.78, 5) is 2.10. The third-order valence-electron chi connectivity index (χ3n) is 3.11. The largest absolute Gasteiger partial charge is 0.371 e. The van der Waals surface area contributed by atoms with Crippen LogP contribution in [0.5, 0.6) is 0 Å².